The second-order valence-electron chi connectivity index (χ2n) is 6.70. The first-order valence-corrected chi connectivity index (χ1v) is 9.05. The van der Waals surface area contributed by atoms with Crippen LogP contribution >= 0.6 is 0 Å². The number of hydrogen-bond acceptors (Lipinski definition) is 2. The monoisotopic (exact) mass is 283 g/mol. The van der Waals surface area contributed by atoms with Gasteiger partial charge >= 0.3 is 0 Å². The Morgan fingerprint density at radius 1 is 1.20 bits per heavy atom. The maximum atomic E-state index is 6.37. The first-order chi connectivity index (χ1) is 9.68. The van der Waals surface area contributed by atoms with E-state index in [2.05, 4.69) is 33.0 Å². The van der Waals surface area contributed by atoms with Gasteiger partial charge in [0, 0.05) is 12.6 Å². The molecule has 0 aromatic rings. The summed E-state index contributed by atoms with van der Waals surface area (Å²) in [5, 5.41) is 3.82. The van der Waals surface area contributed by atoms with E-state index in [1.807, 2.05) is 0 Å². The molecular weight excluding hydrogens is 246 g/mol. The molecule has 0 radical (unpaired) electrons. The average Bonchev–Trinajstić information content (AvgIpc) is 2.43. The molecular formula is C18H37NO. The van der Waals surface area contributed by atoms with Crippen LogP contribution in [0.3, 0.4) is 0 Å². The molecule has 1 rings (SSSR count). The summed E-state index contributed by atoms with van der Waals surface area (Å²) in [7, 11) is 0. The first-order valence-electron chi connectivity index (χ1n) is 9.05. The molecule has 3 unspecified atom stereocenters. The molecule has 1 N–H and O–H groups in total. The van der Waals surface area contributed by atoms with Crippen LogP contribution in [0.2, 0.25) is 0 Å². The zero-order valence-corrected chi connectivity index (χ0v) is 14.3. The van der Waals surface area contributed by atoms with E-state index in [-0.39, 0.29) is 5.60 Å². The molecule has 3 atom stereocenters. The van der Waals surface area contributed by atoms with Gasteiger partial charge in [0.05, 0.1) is 5.60 Å². The zero-order valence-electron chi connectivity index (χ0n) is 14.3. The van der Waals surface area contributed by atoms with Crippen molar-refractivity contribution < 1.29 is 4.74 Å². The average molecular weight is 284 g/mol. The van der Waals surface area contributed by atoms with Crippen LogP contribution in [0.25, 0.3) is 0 Å². The Morgan fingerprint density at radius 3 is 2.60 bits per heavy atom. The lowest BCUT2D eigenvalue weighted by atomic mass is 9.73. The second-order valence-corrected chi connectivity index (χ2v) is 6.70. The maximum Gasteiger partial charge on any atom is 0.0837 e. The SMILES string of the molecule is CCCCCC(NCCC)C1(OCC)CCCC(C)C1. The quantitative estimate of drug-likeness (QED) is 0.575. The van der Waals surface area contributed by atoms with Gasteiger partial charge in [-0.25, -0.2) is 0 Å². The molecule has 0 spiro atoms. The Bertz CT molecular complexity index is 240. The maximum absolute atomic E-state index is 6.37. The van der Waals surface area contributed by atoms with Crippen molar-refractivity contribution in [1.82, 2.24) is 5.32 Å². The van der Waals surface area contributed by atoms with Crippen molar-refractivity contribution in [1.29, 1.82) is 0 Å². The van der Waals surface area contributed by atoms with Crippen molar-refractivity contribution in [3.05, 3.63) is 0 Å². The molecule has 20 heavy (non-hydrogen) atoms. The summed E-state index contributed by atoms with van der Waals surface area (Å²) in [4.78, 5) is 0. The number of hydrogen-bond donors (Lipinski definition) is 1. The highest BCUT2D eigenvalue weighted by Crippen LogP contribution is 2.39. The Balaban J connectivity index is 2.73. The first kappa shape index (κ1) is 18.0. The van der Waals surface area contributed by atoms with E-state index in [0.717, 1.165) is 19.1 Å². The Labute approximate surface area is 127 Å². The molecule has 2 heteroatoms. The van der Waals surface area contributed by atoms with Crippen LogP contribution in [0, 0.1) is 5.92 Å². The van der Waals surface area contributed by atoms with Crippen molar-refractivity contribution in [2.45, 2.75) is 97.1 Å². The molecule has 1 aliphatic rings. The number of unbranched alkanes of at least 4 members (excludes halogenated alkanes) is 2. The van der Waals surface area contributed by atoms with E-state index in [1.165, 1.54) is 57.8 Å². The van der Waals surface area contributed by atoms with Crippen molar-refractivity contribution in [2.75, 3.05) is 13.2 Å². The van der Waals surface area contributed by atoms with Crippen molar-refractivity contribution in [3.8, 4) is 0 Å². The van der Waals surface area contributed by atoms with Crippen LogP contribution < -0.4 is 5.32 Å². The molecule has 1 saturated carbocycles. The lowest BCUT2D eigenvalue weighted by Gasteiger charge is -2.46. The van der Waals surface area contributed by atoms with Crippen molar-refractivity contribution in [2.24, 2.45) is 5.92 Å². The van der Waals surface area contributed by atoms with E-state index in [0.29, 0.717) is 6.04 Å². The molecule has 0 bridgehead atoms. The molecule has 1 aliphatic carbocycles. The molecule has 120 valence electrons. The summed E-state index contributed by atoms with van der Waals surface area (Å²) in [5.74, 6) is 0.812. The summed E-state index contributed by atoms with van der Waals surface area (Å²) < 4.78 is 6.37. The minimum absolute atomic E-state index is 0.106. The van der Waals surface area contributed by atoms with Gasteiger partial charge in [0.2, 0.25) is 0 Å². The van der Waals surface area contributed by atoms with Crippen LogP contribution in [0.5, 0.6) is 0 Å². The van der Waals surface area contributed by atoms with Gasteiger partial charge in [0.1, 0.15) is 0 Å². The summed E-state index contributed by atoms with van der Waals surface area (Å²) in [6.07, 6.45) is 11.7. The van der Waals surface area contributed by atoms with Gasteiger partial charge in [0.25, 0.3) is 0 Å². The van der Waals surface area contributed by atoms with Crippen molar-refractivity contribution in [3.63, 3.8) is 0 Å². The predicted octanol–water partition coefficient (Wildman–Crippen LogP) is 4.92. The van der Waals surface area contributed by atoms with Gasteiger partial charge in [-0.1, -0.05) is 52.9 Å². The van der Waals surface area contributed by atoms with Crippen molar-refractivity contribution >= 4 is 0 Å². The summed E-state index contributed by atoms with van der Waals surface area (Å²) >= 11 is 0. The Morgan fingerprint density at radius 2 is 2.00 bits per heavy atom. The number of nitrogens with one attached hydrogen (secondary N) is 1. The minimum Gasteiger partial charge on any atom is -0.374 e. The highest BCUT2D eigenvalue weighted by Gasteiger charge is 2.41. The van der Waals surface area contributed by atoms with E-state index in [9.17, 15) is 0 Å². The van der Waals surface area contributed by atoms with Crippen LogP contribution in [0.1, 0.15) is 85.5 Å². The fourth-order valence-corrected chi connectivity index (χ4v) is 3.85. The molecule has 0 heterocycles. The van der Waals surface area contributed by atoms with E-state index >= 15 is 0 Å². The van der Waals surface area contributed by atoms with Gasteiger partial charge in [-0.15, -0.1) is 0 Å². The highest BCUT2D eigenvalue weighted by molar-refractivity contribution is 4.97. The topological polar surface area (TPSA) is 21.3 Å². The van der Waals surface area contributed by atoms with Gasteiger partial charge in [-0.2, -0.15) is 0 Å². The van der Waals surface area contributed by atoms with Crippen LogP contribution in [-0.2, 0) is 4.74 Å². The molecule has 0 aromatic heterocycles. The van der Waals surface area contributed by atoms with Crippen LogP contribution in [-0.4, -0.2) is 24.8 Å². The van der Waals surface area contributed by atoms with Gasteiger partial charge in [-0.05, 0) is 45.1 Å². The summed E-state index contributed by atoms with van der Waals surface area (Å²) in [6.45, 7) is 11.1. The third kappa shape index (κ3) is 5.37. The molecule has 2 nitrogen and oxygen atoms in total. The summed E-state index contributed by atoms with van der Waals surface area (Å²) in [5.41, 5.74) is 0.106. The largest absolute Gasteiger partial charge is 0.374 e. The van der Waals surface area contributed by atoms with Gasteiger partial charge in [-0.3, -0.25) is 0 Å². The molecule has 0 saturated heterocycles. The number of rotatable bonds is 10. The Hall–Kier alpha value is -0.0800. The highest BCUT2D eigenvalue weighted by atomic mass is 16.5. The second kappa shape index (κ2) is 9.78. The van der Waals surface area contributed by atoms with Gasteiger partial charge in [0.15, 0.2) is 0 Å². The molecule has 0 aliphatic heterocycles. The summed E-state index contributed by atoms with van der Waals surface area (Å²) in [6, 6.07) is 0.552. The zero-order chi connectivity index (χ0) is 14.8. The number of ether oxygens (including phenoxy) is 1. The third-order valence-electron chi connectivity index (χ3n) is 4.79. The fraction of sp³-hybridized carbons (Fsp3) is 1.00. The van der Waals surface area contributed by atoms with E-state index in [4.69, 9.17) is 4.74 Å². The van der Waals surface area contributed by atoms with Crippen LogP contribution in [0.15, 0.2) is 0 Å². The van der Waals surface area contributed by atoms with Crippen LogP contribution in [0.4, 0.5) is 0 Å². The lowest BCUT2D eigenvalue weighted by molar-refractivity contribution is -0.102. The normalized spacial score (nSPS) is 28.5. The smallest absolute Gasteiger partial charge is 0.0837 e. The molecule has 1 fully saturated rings. The molecule has 0 aromatic carbocycles. The molecule has 0 amide bonds. The standard InChI is InChI=1S/C18H37NO/c1-5-8-9-12-17(19-14-6-2)18(20-7-3)13-10-11-16(4)15-18/h16-17,19H,5-15H2,1-4H3. The Kier molecular flexibility index (Phi) is 8.79. The van der Waals surface area contributed by atoms with E-state index < -0.39 is 0 Å². The fourth-order valence-electron chi connectivity index (χ4n) is 3.85. The third-order valence-corrected chi connectivity index (χ3v) is 4.79. The van der Waals surface area contributed by atoms with Gasteiger partial charge < -0.3 is 10.1 Å². The predicted molar refractivity (Wildman–Crippen MR) is 88.2 cm³/mol. The minimum atomic E-state index is 0.106. The lowest BCUT2D eigenvalue weighted by Crippen LogP contribution is -2.55. The van der Waals surface area contributed by atoms with E-state index in [1.54, 1.807) is 0 Å².